The maximum Gasteiger partial charge on any atom is 0.318 e. The Balaban J connectivity index is 3.19. The number of likely N-dealkylation sites (N-methyl/N-ethyl adjacent to an activating group) is 1. The Kier molecular flexibility index (Phi) is 6.15. The second kappa shape index (κ2) is 7.22. The molecule has 0 aliphatic heterocycles. The number of carbonyl (C=O) groups is 1. The number of hydrogen-bond acceptors (Lipinski definition) is 4. The van der Waals surface area contributed by atoms with Gasteiger partial charge in [0.2, 0.25) is 10.0 Å². The number of hydrogen-bond donors (Lipinski definition) is 1. The monoisotopic (exact) mass is 334 g/mol. The number of benzene rings is 1. The third-order valence-corrected chi connectivity index (χ3v) is 5.34. The third-order valence-electron chi connectivity index (χ3n) is 2.94. The maximum absolute atomic E-state index is 12.6. The molecule has 0 saturated heterocycles. The summed E-state index contributed by atoms with van der Waals surface area (Å²) in [6.45, 7) is 1.53. The first kappa shape index (κ1) is 17.9. The molecule has 8 heteroatoms. The van der Waals surface area contributed by atoms with Gasteiger partial charge in [0.05, 0.1) is 4.90 Å². The molecule has 1 aromatic rings. The lowest BCUT2D eigenvalue weighted by atomic mass is 10.2. The highest BCUT2D eigenvalue weighted by Crippen LogP contribution is 2.25. The first-order valence-electron chi connectivity index (χ1n) is 6.28. The second-order valence-electron chi connectivity index (χ2n) is 4.90. The Morgan fingerprint density at radius 2 is 1.90 bits per heavy atom. The predicted octanol–water partition coefficient (Wildman–Crippen LogP) is 1.29. The van der Waals surface area contributed by atoms with Crippen LogP contribution in [0.3, 0.4) is 0 Å². The largest absolute Gasteiger partial charge is 0.480 e. The molecule has 0 heterocycles. The second-order valence-corrected chi connectivity index (χ2v) is 7.21. The van der Waals surface area contributed by atoms with E-state index in [-0.39, 0.29) is 11.4 Å². The van der Waals surface area contributed by atoms with Crippen LogP contribution in [0.5, 0.6) is 0 Å². The van der Waals surface area contributed by atoms with Crippen molar-refractivity contribution in [3.63, 3.8) is 0 Å². The quantitative estimate of drug-likeness (QED) is 0.813. The van der Waals surface area contributed by atoms with Crippen LogP contribution in [-0.4, -0.2) is 62.4 Å². The van der Waals surface area contributed by atoms with Crippen LogP contribution in [0.4, 0.5) is 0 Å². The highest BCUT2D eigenvalue weighted by molar-refractivity contribution is 7.89. The SMILES string of the molecule is Cc1c(Cl)cccc1S(=O)(=O)N(CCN(C)C)CC(=O)O. The van der Waals surface area contributed by atoms with E-state index in [0.29, 0.717) is 17.1 Å². The Bertz CT molecular complexity index is 617. The van der Waals surface area contributed by atoms with Gasteiger partial charge in [0.25, 0.3) is 0 Å². The van der Waals surface area contributed by atoms with Crippen LogP contribution in [0.15, 0.2) is 23.1 Å². The first-order valence-corrected chi connectivity index (χ1v) is 8.10. The Labute approximate surface area is 130 Å². The number of carboxylic acids is 1. The summed E-state index contributed by atoms with van der Waals surface area (Å²) >= 11 is 5.95. The molecule has 0 spiro atoms. The van der Waals surface area contributed by atoms with Gasteiger partial charge in [0.15, 0.2) is 0 Å². The first-order chi connectivity index (χ1) is 9.66. The van der Waals surface area contributed by atoms with Crippen LogP contribution in [0.2, 0.25) is 5.02 Å². The maximum atomic E-state index is 12.6. The summed E-state index contributed by atoms with van der Waals surface area (Å²) in [5, 5.41) is 9.27. The van der Waals surface area contributed by atoms with Gasteiger partial charge in [-0.15, -0.1) is 0 Å². The number of nitrogens with zero attached hydrogens (tertiary/aromatic N) is 2. The fourth-order valence-electron chi connectivity index (χ4n) is 1.75. The van der Waals surface area contributed by atoms with Crippen molar-refractivity contribution in [3.8, 4) is 0 Å². The molecule has 0 aliphatic rings. The van der Waals surface area contributed by atoms with Gasteiger partial charge in [-0.2, -0.15) is 4.31 Å². The molecule has 0 radical (unpaired) electrons. The summed E-state index contributed by atoms with van der Waals surface area (Å²) in [6.07, 6.45) is 0. The minimum atomic E-state index is -3.90. The van der Waals surface area contributed by atoms with Crippen molar-refractivity contribution in [1.82, 2.24) is 9.21 Å². The summed E-state index contributed by atoms with van der Waals surface area (Å²) < 4.78 is 26.2. The van der Waals surface area contributed by atoms with Crippen molar-refractivity contribution in [2.45, 2.75) is 11.8 Å². The molecule has 0 saturated carbocycles. The summed E-state index contributed by atoms with van der Waals surface area (Å²) in [6, 6.07) is 4.56. The fourth-order valence-corrected chi connectivity index (χ4v) is 3.61. The highest BCUT2D eigenvalue weighted by atomic mass is 35.5. The van der Waals surface area contributed by atoms with Crippen molar-refractivity contribution in [2.24, 2.45) is 0 Å². The van der Waals surface area contributed by atoms with E-state index in [0.717, 1.165) is 4.31 Å². The molecule has 0 bridgehead atoms. The lowest BCUT2D eigenvalue weighted by molar-refractivity contribution is -0.137. The molecule has 0 unspecified atom stereocenters. The van der Waals surface area contributed by atoms with E-state index in [2.05, 4.69) is 0 Å². The Morgan fingerprint density at radius 3 is 2.43 bits per heavy atom. The third kappa shape index (κ3) is 4.67. The van der Waals surface area contributed by atoms with Crippen molar-refractivity contribution in [2.75, 3.05) is 33.7 Å². The molecule has 1 aromatic carbocycles. The van der Waals surface area contributed by atoms with Gasteiger partial charge in [-0.3, -0.25) is 4.79 Å². The zero-order valence-corrected chi connectivity index (χ0v) is 13.8. The number of rotatable bonds is 7. The van der Waals surface area contributed by atoms with E-state index in [1.807, 2.05) is 0 Å². The van der Waals surface area contributed by atoms with E-state index in [4.69, 9.17) is 16.7 Å². The smallest absolute Gasteiger partial charge is 0.318 e. The van der Waals surface area contributed by atoms with Crippen LogP contribution in [-0.2, 0) is 14.8 Å². The number of sulfonamides is 1. The Morgan fingerprint density at radius 1 is 1.29 bits per heavy atom. The molecule has 0 aliphatic carbocycles. The van der Waals surface area contributed by atoms with Crippen LogP contribution >= 0.6 is 11.6 Å². The van der Waals surface area contributed by atoms with Gasteiger partial charge in [-0.1, -0.05) is 17.7 Å². The standard InChI is InChI=1S/C13H19ClN2O4S/c1-10-11(14)5-4-6-12(10)21(19,20)16(9-13(17)18)8-7-15(2)3/h4-6H,7-9H2,1-3H3,(H,17,18). The molecule has 1 N–H and O–H groups in total. The van der Waals surface area contributed by atoms with Crippen LogP contribution in [0.1, 0.15) is 5.56 Å². The summed E-state index contributed by atoms with van der Waals surface area (Å²) in [7, 11) is -0.328. The summed E-state index contributed by atoms with van der Waals surface area (Å²) in [5.74, 6) is -1.20. The average molecular weight is 335 g/mol. The molecule has 0 fully saturated rings. The Hall–Kier alpha value is -1.15. The van der Waals surface area contributed by atoms with Crippen molar-refractivity contribution >= 4 is 27.6 Å². The van der Waals surface area contributed by atoms with Crippen molar-refractivity contribution in [3.05, 3.63) is 28.8 Å². The normalized spacial score (nSPS) is 12.1. The topological polar surface area (TPSA) is 77.9 Å². The lowest BCUT2D eigenvalue weighted by Crippen LogP contribution is -2.40. The number of carboxylic acid groups (broad SMARTS) is 1. The van der Waals surface area contributed by atoms with E-state index in [1.165, 1.54) is 12.1 Å². The highest BCUT2D eigenvalue weighted by Gasteiger charge is 2.28. The van der Waals surface area contributed by atoms with Crippen LogP contribution < -0.4 is 0 Å². The van der Waals surface area contributed by atoms with Gasteiger partial charge >= 0.3 is 5.97 Å². The van der Waals surface area contributed by atoms with Gasteiger partial charge in [-0.05, 0) is 38.7 Å². The van der Waals surface area contributed by atoms with E-state index >= 15 is 0 Å². The van der Waals surface area contributed by atoms with Gasteiger partial charge < -0.3 is 10.0 Å². The number of aliphatic carboxylic acids is 1. The van der Waals surface area contributed by atoms with Gasteiger partial charge in [-0.25, -0.2) is 8.42 Å². The molecule has 0 amide bonds. The predicted molar refractivity (Wildman–Crippen MR) is 81.1 cm³/mol. The molecule has 0 aromatic heterocycles. The summed E-state index contributed by atoms with van der Waals surface area (Å²) in [5.41, 5.74) is 0.416. The van der Waals surface area contributed by atoms with E-state index in [9.17, 15) is 13.2 Å². The fraction of sp³-hybridized carbons (Fsp3) is 0.462. The molecule has 118 valence electrons. The minimum Gasteiger partial charge on any atom is -0.480 e. The molecule has 0 atom stereocenters. The number of halogens is 1. The molecule has 1 rings (SSSR count). The van der Waals surface area contributed by atoms with Crippen molar-refractivity contribution < 1.29 is 18.3 Å². The minimum absolute atomic E-state index is 0.0370. The van der Waals surface area contributed by atoms with Gasteiger partial charge in [0.1, 0.15) is 6.54 Å². The lowest BCUT2D eigenvalue weighted by Gasteiger charge is -2.23. The average Bonchev–Trinajstić information content (AvgIpc) is 2.36. The van der Waals surface area contributed by atoms with E-state index in [1.54, 1.807) is 32.0 Å². The van der Waals surface area contributed by atoms with E-state index < -0.39 is 22.5 Å². The zero-order chi connectivity index (χ0) is 16.2. The van der Waals surface area contributed by atoms with Crippen LogP contribution in [0, 0.1) is 6.92 Å². The van der Waals surface area contributed by atoms with Gasteiger partial charge in [0, 0.05) is 18.1 Å². The summed E-state index contributed by atoms with van der Waals surface area (Å²) in [4.78, 5) is 12.8. The zero-order valence-electron chi connectivity index (χ0n) is 12.2. The molecular formula is C13H19ClN2O4S. The van der Waals surface area contributed by atoms with Crippen LogP contribution in [0.25, 0.3) is 0 Å². The molecular weight excluding hydrogens is 316 g/mol. The van der Waals surface area contributed by atoms with Crippen molar-refractivity contribution in [1.29, 1.82) is 0 Å². The molecule has 21 heavy (non-hydrogen) atoms. The molecule has 6 nitrogen and oxygen atoms in total.